The number of carbonyl (C=O) groups is 1. The van der Waals surface area contributed by atoms with E-state index in [0.717, 1.165) is 6.42 Å². The summed E-state index contributed by atoms with van der Waals surface area (Å²) >= 11 is 0. The van der Waals surface area contributed by atoms with Crippen LogP contribution in [0.25, 0.3) is 0 Å². The molecule has 2 N–H and O–H groups in total. The molecule has 0 radical (unpaired) electrons. The van der Waals surface area contributed by atoms with E-state index in [0.29, 0.717) is 25.4 Å². The van der Waals surface area contributed by atoms with E-state index < -0.39 is 5.60 Å². The van der Waals surface area contributed by atoms with Gasteiger partial charge in [-0.1, -0.05) is 0 Å². The highest BCUT2D eigenvalue weighted by Gasteiger charge is 2.53. The van der Waals surface area contributed by atoms with Crippen molar-refractivity contribution in [1.29, 1.82) is 0 Å². The first kappa shape index (κ1) is 13.6. The first-order chi connectivity index (χ1) is 8.26. The lowest BCUT2D eigenvalue weighted by molar-refractivity contribution is 0.0262. The van der Waals surface area contributed by atoms with Gasteiger partial charge in [0, 0.05) is 18.6 Å². The average molecular weight is 256 g/mol. The largest absolute Gasteiger partial charge is 0.444 e. The summed E-state index contributed by atoms with van der Waals surface area (Å²) in [5.74, 6) is 0.324. The van der Waals surface area contributed by atoms with Crippen LogP contribution in [0, 0.1) is 5.92 Å². The molecule has 1 saturated carbocycles. The molecule has 0 unspecified atom stereocenters. The number of nitrogens with one attached hydrogen (secondary N) is 1. The highest BCUT2D eigenvalue weighted by molar-refractivity contribution is 5.69. The zero-order valence-corrected chi connectivity index (χ0v) is 11.7. The standard InChI is InChI=1S/C13H24N2O3/c1-12(2,3)18-11(17)15-7-9-5-10(16)6-13(9,8-15)14-4/h9-10,14,16H,5-8H2,1-4H3/t9-,10-,13-/m1/s1. The van der Waals surface area contributed by atoms with Gasteiger partial charge >= 0.3 is 6.09 Å². The Bertz CT molecular complexity index is 340. The molecule has 1 amide bonds. The Morgan fingerprint density at radius 3 is 2.67 bits per heavy atom. The van der Waals surface area contributed by atoms with Crippen molar-refractivity contribution in [2.75, 3.05) is 20.1 Å². The first-order valence-electron chi connectivity index (χ1n) is 6.61. The predicted molar refractivity (Wildman–Crippen MR) is 68.3 cm³/mol. The molecule has 2 aliphatic rings. The number of rotatable bonds is 1. The highest BCUT2D eigenvalue weighted by Crippen LogP contribution is 2.41. The lowest BCUT2D eigenvalue weighted by Crippen LogP contribution is -2.48. The molecule has 0 aromatic carbocycles. The van der Waals surface area contributed by atoms with Crippen LogP contribution in [-0.4, -0.2) is 53.5 Å². The second-order valence-corrected chi connectivity index (χ2v) is 6.56. The molecule has 0 spiro atoms. The summed E-state index contributed by atoms with van der Waals surface area (Å²) in [6.07, 6.45) is 0.984. The van der Waals surface area contributed by atoms with Crippen LogP contribution < -0.4 is 5.32 Å². The Hall–Kier alpha value is -0.810. The van der Waals surface area contributed by atoms with Crippen molar-refractivity contribution >= 4 is 6.09 Å². The Morgan fingerprint density at radius 2 is 2.17 bits per heavy atom. The summed E-state index contributed by atoms with van der Waals surface area (Å²) in [4.78, 5) is 13.8. The molecular weight excluding hydrogens is 232 g/mol. The summed E-state index contributed by atoms with van der Waals surface area (Å²) in [7, 11) is 1.91. The number of ether oxygens (including phenoxy) is 1. The Labute approximate surface area is 108 Å². The summed E-state index contributed by atoms with van der Waals surface area (Å²) in [6, 6.07) is 0. The summed E-state index contributed by atoms with van der Waals surface area (Å²) in [5.41, 5.74) is -0.586. The van der Waals surface area contributed by atoms with Gasteiger partial charge in [0.1, 0.15) is 5.60 Å². The molecular formula is C13H24N2O3. The van der Waals surface area contributed by atoms with Crippen molar-refractivity contribution in [3.63, 3.8) is 0 Å². The van der Waals surface area contributed by atoms with Gasteiger partial charge in [0.05, 0.1) is 6.10 Å². The van der Waals surface area contributed by atoms with E-state index in [1.54, 1.807) is 4.90 Å². The number of hydrogen-bond donors (Lipinski definition) is 2. The number of hydrogen-bond acceptors (Lipinski definition) is 4. The minimum Gasteiger partial charge on any atom is -0.444 e. The Balaban J connectivity index is 2.02. The first-order valence-corrected chi connectivity index (χ1v) is 6.61. The summed E-state index contributed by atoms with van der Waals surface area (Å²) < 4.78 is 5.40. The maximum atomic E-state index is 12.0. The number of fused-ring (bicyclic) bond motifs is 1. The van der Waals surface area contributed by atoms with Crippen molar-refractivity contribution in [3.05, 3.63) is 0 Å². The van der Waals surface area contributed by atoms with Gasteiger partial charge in [0.15, 0.2) is 0 Å². The highest BCUT2D eigenvalue weighted by atomic mass is 16.6. The van der Waals surface area contributed by atoms with E-state index in [2.05, 4.69) is 5.32 Å². The van der Waals surface area contributed by atoms with Gasteiger partial charge in [0.2, 0.25) is 0 Å². The zero-order valence-electron chi connectivity index (χ0n) is 11.7. The van der Waals surface area contributed by atoms with Crippen LogP contribution in [0.1, 0.15) is 33.6 Å². The predicted octanol–water partition coefficient (Wildman–Crippen LogP) is 0.966. The number of likely N-dealkylation sites (tertiary alicyclic amines) is 1. The average Bonchev–Trinajstić information content (AvgIpc) is 2.68. The molecule has 104 valence electrons. The lowest BCUT2D eigenvalue weighted by Gasteiger charge is -2.29. The van der Waals surface area contributed by atoms with Crippen molar-refractivity contribution in [1.82, 2.24) is 10.2 Å². The molecule has 1 aliphatic carbocycles. The van der Waals surface area contributed by atoms with Crippen LogP contribution in [0.2, 0.25) is 0 Å². The van der Waals surface area contributed by atoms with Crippen LogP contribution >= 0.6 is 0 Å². The Kier molecular flexibility index (Phi) is 3.32. The Morgan fingerprint density at radius 1 is 1.50 bits per heavy atom. The molecule has 0 bridgehead atoms. The fourth-order valence-electron chi connectivity index (χ4n) is 3.19. The van der Waals surface area contributed by atoms with Crippen molar-refractivity contribution < 1.29 is 14.6 Å². The topological polar surface area (TPSA) is 61.8 Å². The van der Waals surface area contributed by atoms with E-state index in [1.807, 2.05) is 27.8 Å². The normalized spacial score (nSPS) is 35.7. The SMILES string of the molecule is CN[C@@]12C[C@H](O)C[C@@H]1CN(C(=O)OC(C)(C)C)C2. The second kappa shape index (κ2) is 4.38. The van der Waals surface area contributed by atoms with E-state index in [-0.39, 0.29) is 17.7 Å². The third-order valence-corrected chi connectivity index (χ3v) is 4.00. The van der Waals surface area contributed by atoms with E-state index >= 15 is 0 Å². The maximum Gasteiger partial charge on any atom is 0.410 e. The van der Waals surface area contributed by atoms with Gasteiger partial charge < -0.3 is 20.1 Å². The molecule has 5 heteroatoms. The number of amides is 1. The number of aliphatic hydroxyl groups is 1. The van der Waals surface area contributed by atoms with Gasteiger partial charge in [-0.2, -0.15) is 0 Å². The maximum absolute atomic E-state index is 12.0. The van der Waals surface area contributed by atoms with Gasteiger partial charge in [-0.3, -0.25) is 0 Å². The number of likely N-dealkylation sites (N-methyl/N-ethyl adjacent to an activating group) is 1. The molecule has 1 aliphatic heterocycles. The van der Waals surface area contributed by atoms with Gasteiger partial charge in [-0.15, -0.1) is 0 Å². The monoisotopic (exact) mass is 256 g/mol. The molecule has 1 heterocycles. The molecule has 0 aromatic rings. The van der Waals surface area contributed by atoms with Crippen LogP contribution in [0.5, 0.6) is 0 Å². The molecule has 3 atom stereocenters. The lowest BCUT2D eigenvalue weighted by atomic mass is 9.91. The molecule has 2 fully saturated rings. The fraction of sp³-hybridized carbons (Fsp3) is 0.923. The fourth-order valence-corrected chi connectivity index (χ4v) is 3.19. The van der Waals surface area contributed by atoms with E-state index in [1.165, 1.54) is 0 Å². The van der Waals surface area contributed by atoms with Crippen LogP contribution in [0.4, 0.5) is 4.79 Å². The quantitative estimate of drug-likeness (QED) is 0.734. The molecule has 18 heavy (non-hydrogen) atoms. The summed E-state index contributed by atoms with van der Waals surface area (Å²) in [5, 5.41) is 13.1. The molecule has 1 saturated heterocycles. The van der Waals surface area contributed by atoms with E-state index in [9.17, 15) is 9.90 Å². The second-order valence-electron chi connectivity index (χ2n) is 6.56. The molecule has 5 nitrogen and oxygen atoms in total. The van der Waals surface area contributed by atoms with Crippen molar-refractivity contribution in [2.24, 2.45) is 5.92 Å². The van der Waals surface area contributed by atoms with Gasteiger partial charge in [-0.25, -0.2) is 4.79 Å². The number of carbonyl (C=O) groups excluding carboxylic acids is 1. The van der Waals surface area contributed by atoms with Crippen molar-refractivity contribution in [2.45, 2.75) is 50.9 Å². The smallest absolute Gasteiger partial charge is 0.410 e. The van der Waals surface area contributed by atoms with E-state index in [4.69, 9.17) is 4.74 Å². The van der Waals surface area contributed by atoms with Crippen LogP contribution in [0.3, 0.4) is 0 Å². The number of nitrogens with zero attached hydrogens (tertiary/aromatic N) is 1. The van der Waals surface area contributed by atoms with Crippen LogP contribution in [-0.2, 0) is 4.74 Å². The summed E-state index contributed by atoms with van der Waals surface area (Å²) in [6.45, 7) is 6.92. The number of aliphatic hydroxyl groups excluding tert-OH is 1. The van der Waals surface area contributed by atoms with Crippen LogP contribution in [0.15, 0.2) is 0 Å². The van der Waals surface area contributed by atoms with Gasteiger partial charge in [-0.05, 0) is 46.6 Å². The third-order valence-electron chi connectivity index (χ3n) is 4.00. The third kappa shape index (κ3) is 2.47. The minimum absolute atomic E-state index is 0.129. The van der Waals surface area contributed by atoms with Crippen molar-refractivity contribution in [3.8, 4) is 0 Å². The minimum atomic E-state index is -0.457. The van der Waals surface area contributed by atoms with Gasteiger partial charge in [0.25, 0.3) is 0 Å². The zero-order chi connectivity index (χ0) is 13.6. The molecule has 0 aromatic heterocycles. The molecule has 2 rings (SSSR count).